The first-order valence-corrected chi connectivity index (χ1v) is 6.80. The van der Waals surface area contributed by atoms with E-state index in [1.807, 2.05) is 30.3 Å². The first-order chi connectivity index (χ1) is 9.31. The van der Waals surface area contributed by atoms with Gasteiger partial charge in [0.15, 0.2) is 0 Å². The zero-order valence-corrected chi connectivity index (χ0v) is 11.6. The average molecular weight is 255 g/mol. The van der Waals surface area contributed by atoms with Gasteiger partial charge in [0.05, 0.1) is 0 Å². The zero-order chi connectivity index (χ0) is 13.5. The number of nitrogens with one attached hydrogen (secondary N) is 1. The van der Waals surface area contributed by atoms with Crippen molar-refractivity contribution in [1.29, 1.82) is 0 Å². The minimum absolute atomic E-state index is 0.303. The van der Waals surface area contributed by atoms with Crippen LogP contribution in [-0.4, -0.2) is 6.54 Å². The number of hydrogen-bond donors (Lipinski definition) is 1. The van der Waals surface area contributed by atoms with Crippen LogP contribution in [0.5, 0.6) is 5.75 Å². The Bertz CT molecular complexity index is 496. The summed E-state index contributed by atoms with van der Waals surface area (Å²) in [7, 11) is 0. The lowest BCUT2D eigenvalue weighted by Crippen LogP contribution is -2.18. The highest BCUT2D eigenvalue weighted by Crippen LogP contribution is 2.25. The topological polar surface area (TPSA) is 21.3 Å². The Kier molecular flexibility index (Phi) is 4.99. The van der Waals surface area contributed by atoms with Gasteiger partial charge in [0, 0.05) is 11.6 Å². The van der Waals surface area contributed by atoms with Gasteiger partial charge in [-0.05, 0) is 25.1 Å². The van der Waals surface area contributed by atoms with E-state index in [0.29, 0.717) is 12.6 Å². The van der Waals surface area contributed by atoms with Crippen LogP contribution in [0.4, 0.5) is 0 Å². The summed E-state index contributed by atoms with van der Waals surface area (Å²) in [5, 5.41) is 3.42. The summed E-state index contributed by atoms with van der Waals surface area (Å²) in [6.07, 6.45) is 0. The second-order valence-electron chi connectivity index (χ2n) is 4.59. The van der Waals surface area contributed by atoms with E-state index < -0.39 is 0 Å². The molecule has 0 saturated heterocycles. The van der Waals surface area contributed by atoms with E-state index in [4.69, 9.17) is 4.74 Å². The number of ether oxygens (including phenoxy) is 1. The number of benzene rings is 2. The highest BCUT2D eigenvalue weighted by Gasteiger charge is 2.09. The van der Waals surface area contributed by atoms with Crippen molar-refractivity contribution in [1.82, 2.24) is 5.32 Å². The summed E-state index contributed by atoms with van der Waals surface area (Å²) in [5.41, 5.74) is 2.40. The van der Waals surface area contributed by atoms with Crippen LogP contribution in [0.15, 0.2) is 54.6 Å². The van der Waals surface area contributed by atoms with Crippen molar-refractivity contribution < 1.29 is 4.74 Å². The molecule has 1 atom stereocenters. The highest BCUT2D eigenvalue weighted by molar-refractivity contribution is 5.35. The minimum Gasteiger partial charge on any atom is -0.489 e. The van der Waals surface area contributed by atoms with E-state index >= 15 is 0 Å². The van der Waals surface area contributed by atoms with Crippen LogP contribution in [0.1, 0.15) is 31.0 Å². The van der Waals surface area contributed by atoms with Gasteiger partial charge in [-0.15, -0.1) is 0 Å². The van der Waals surface area contributed by atoms with E-state index in [9.17, 15) is 0 Å². The molecule has 0 bridgehead atoms. The Morgan fingerprint density at radius 1 is 1.00 bits per heavy atom. The van der Waals surface area contributed by atoms with E-state index in [-0.39, 0.29) is 0 Å². The van der Waals surface area contributed by atoms with Crippen LogP contribution < -0.4 is 10.1 Å². The molecule has 2 rings (SSSR count). The van der Waals surface area contributed by atoms with Crippen LogP contribution in [0.25, 0.3) is 0 Å². The Labute approximate surface area is 115 Å². The Hall–Kier alpha value is -1.80. The quantitative estimate of drug-likeness (QED) is 0.844. The summed E-state index contributed by atoms with van der Waals surface area (Å²) < 4.78 is 5.95. The smallest absolute Gasteiger partial charge is 0.124 e. The molecule has 0 aliphatic rings. The molecule has 2 aromatic rings. The van der Waals surface area contributed by atoms with Crippen molar-refractivity contribution in [2.45, 2.75) is 26.5 Å². The van der Waals surface area contributed by atoms with Crippen LogP contribution in [0.2, 0.25) is 0 Å². The van der Waals surface area contributed by atoms with Gasteiger partial charge in [0.2, 0.25) is 0 Å². The lowest BCUT2D eigenvalue weighted by Gasteiger charge is -2.17. The van der Waals surface area contributed by atoms with Crippen molar-refractivity contribution in [2.24, 2.45) is 0 Å². The molecule has 0 spiro atoms. The molecule has 2 heteroatoms. The van der Waals surface area contributed by atoms with E-state index in [1.165, 1.54) is 11.1 Å². The van der Waals surface area contributed by atoms with Gasteiger partial charge in [-0.1, -0.05) is 55.5 Å². The molecule has 0 aliphatic carbocycles. The van der Waals surface area contributed by atoms with Gasteiger partial charge in [-0.25, -0.2) is 0 Å². The maximum atomic E-state index is 5.95. The third-order valence-corrected chi connectivity index (χ3v) is 3.13. The lowest BCUT2D eigenvalue weighted by molar-refractivity contribution is 0.300. The van der Waals surface area contributed by atoms with Crippen LogP contribution in [-0.2, 0) is 6.61 Å². The van der Waals surface area contributed by atoms with Crippen molar-refractivity contribution in [3.63, 3.8) is 0 Å². The first kappa shape index (κ1) is 13.6. The molecular weight excluding hydrogens is 234 g/mol. The van der Waals surface area contributed by atoms with E-state index in [0.717, 1.165) is 12.3 Å². The summed E-state index contributed by atoms with van der Waals surface area (Å²) in [4.78, 5) is 0. The Balaban J connectivity index is 2.07. The SMILES string of the molecule is CCNC(C)c1ccccc1OCc1ccccc1. The standard InChI is InChI=1S/C17H21NO/c1-3-18-14(2)16-11-7-8-12-17(16)19-13-15-9-5-4-6-10-15/h4-12,14,18H,3,13H2,1-2H3. The third-order valence-electron chi connectivity index (χ3n) is 3.13. The molecule has 100 valence electrons. The van der Waals surface area contributed by atoms with Crippen LogP contribution in [0.3, 0.4) is 0 Å². The predicted octanol–water partition coefficient (Wildman–Crippen LogP) is 3.94. The average Bonchev–Trinajstić information content (AvgIpc) is 2.47. The zero-order valence-electron chi connectivity index (χ0n) is 11.6. The number of hydrogen-bond acceptors (Lipinski definition) is 2. The molecule has 0 heterocycles. The van der Waals surface area contributed by atoms with Crippen molar-refractivity contribution in [2.75, 3.05) is 6.54 Å². The third kappa shape index (κ3) is 3.83. The Morgan fingerprint density at radius 3 is 2.42 bits per heavy atom. The van der Waals surface area contributed by atoms with Crippen LogP contribution >= 0.6 is 0 Å². The molecule has 0 aliphatic heterocycles. The van der Waals surface area contributed by atoms with E-state index in [1.54, 1.807) is 0 Å². The van der Waals surface area contributed by atoms with Gasteiger partial charge < -0.3 is 10.1 Å². The summed E-state index contributed by atoms with van der Waals surface area (Å²) in [5.74, 6) is 0.958. The second kappa shape index (κ2) is 6.95. The summed E-state index contributed by atoms with van der Waals surface area (Å²) in [6, 6.07) is 18.8. The van der Waals surface area contributed by atoms with Gasteiger partial charge in [0.25, 0.3) is 0 Å². The molecule has 0 amide bonds. The molecule has 2 aromatic carbocycles. The van der Waals surface area contributed by atoms with Crippen molar-refractivity contribution in [3.05, 3.63) is 65.7 Å². The summed E-state index contributed by atoms with van der Waals surface area (Å²) in [6.45, 7) is 5.84. The fourth-order valence-corrected chi connectivity index (χ4v) is 2.12. The van der Waals surface area contributed by atoms with Gasteiger partial charge >= 0.3 is 0 Å². The monoisotopic (exact) mass is 255 g/mol. The lowest BCUT2D eigenvalue weighted by atomic mass is 10.1. The minimum atomic E-state index is 0.303. The first-order valence-electron chi connectivity index (χ1n) is 6.80. The number of rotatable bonds is 6. The molecule has 0 aromatic heterocycles. The molecular formula is C17H21NO. The Morgan fingerprint density at radius 2 is 1.68 bits per heavy atom. The molecule has 1 N–H and O–H groups in total. The van der Waals surface area contributed by atoms with Gasteiger partial charge in [-0.3, -0.25) is 0 Å². The maximum absolute atomic E-state index is 5.95. The summed E-state index contributed by atoms with van der Waals surface area (Å²) >= 11 is 0. The molecule has 2 nitrogen and oxygen atoms in total. The molecule has 1 unspecified atom stereocenters. The van der Waals surface area contributed by atoms with Gasteiger partial charge in [0.1, 0.15) is 12.4 Å². The fraction of sp³-hybridized carbons (Fsp3) is 0.294. The fourth-order valence-electron chi connectivity index (χ4n) is 2.12. The van der Waals surface area contributed by atoms with Crippen LogP contribution in [0, 0.1) is 0 Å². The number of para-hydroxylation sites is 1. The van der Waals surface area contributed by atoms with Crippen molar-refractivity contribution in [3.8, 4) is 5.75 Å². The maximum Gasteiger partial charge on any atom is 0.124 e. The van der Waals surface area contributed by atoms with Crippen molar-refractivity contribution >= 4 is 0 Å². The highest BCUT2D eigenvalue weighted by atomic mass is 16.5. The normalized spacial score (nSPS) is 12.1. The molecule has 19 heavy (non-hydrogen) atoms. The van der Waals surface area contributed by atoms with E-state index in [2.05, 4.69) is 43.4 Å². The molecule has 0 radical (unpaired) electrons. The molecule has 0 saturated carbocycles. The van der Waals surface area contributed by atoms with Gasteiger partial charge in [-0.2, -0.15) is 0 Å². The largest absolute Gasteiger partial charge is 0.489 e. The predicted molar refractivity (Wildman–Crippen MR) is 79.3 cm³/mol. The second-order valence-corrected chi connectivity index (χ2v) is 4.59. The molecule has 0 fully saturated rings.